The van der Waals surface area contributed by atoms with Gasteiger partial charge in [0.2, 0.25) is 5.78 Å². The summed E-state index contributed by atoms with van der Waals surface area (Å²) in [5, 5.41) is 0.976. The van der Waals surface area contributed by atoms with Crippen molar-refractivity contribution < 1.29 is 9.53 Å². The molecule has 136 valence electrons. The van der Waals surface area contributed by atoms with Gasteiger partial charge in [-0.1, -0.05) is 36.4 Å². The fourth-order valence-electron chi connectivity index (χ4n) is 3.71. The van der Waals surface area contributed by atoms with E-state index >= 15 is 0 Å². The Bertz CT molecular complexity index is 1270. The predicted octanol–water partition coefficient (Wildman–Crippen LogP) is 4.44. The van der Waals surface area contributed by atoms with Crippen molar-refractivity contribution in [3.05, 3.63) is 83.9 Å². The number of carbonyl (C=O) groups excluding carboxylic acids is 1. The molecule has 5 nitrogen and oxygen atoms in total. The van der Waals surface area contributed by atoms with E-state index in [-0.39, 0.29) is 11.5 Å². The number of benzene rings is 2. The molecule has 0 unspecified atom stereocenters. The number of anilines is 1. The van der Waals surface area contributed by atoms with Crippen LogP contribution in [-0.2, 0) is 7.05 Å². The molecule has 0 saturated carbocycles. The van der Waals surface area contributed by atoms with E-state index in [2.05, 4.69) is 17.1 Å². The number of Topliss-reactive ketones (excluding diaryl/α,β-unsaturated/α-hetero) is 1. The topological polar surface area (TPSA) is 70.1 Å². The molecule has 0 radical (unpaired) electrons. The molecule has 5 heteroatoms. The van der Waals surface area contributed by atoms with Gasteiger partial charge in [0, 0.05) is 36.1 Å². The molecule has 2 aromatic carbocycles. The number of ether oxygens (including phenoxy) is 1. The summed E-state index contributed by atoms with van der Waals surface area (Å²) in [6.07, 6.45) is 5.54. The van der Waals surface area contributed by atoms with E-state index in [1.807, 2.05) is 42.1 Å². The van der Waals surface area contributed by atoms with Gasteiger partial charge >= 0.3 is 0 Å². The number of ketones is 1. The maximum atomic E-state index is 12.8. The molecule has 0 bridgehead atoms. The van der Waals surface area contributed by atoms with Gasteiger partial charge in [0.1, 0.15) is 11.4 Å². The molecule has 0 saturated heterocycles. The fourth-order valence-corrected chi connectivity index (χ4v) is 3.71. The minimum Gasteiger partial charge on any atom is -0.452 e. The second-order valence-corrected chi connectivity index (χ2v) is 6.78. The minimum atomic E-state index is -0.199. The number of hydrogen-bond donors (Lipinski definition) is 1. The number of nitrogens with zero attached hydrogens (tertiary/aromatic N) is 2. The van der Waals surface area contributed by atoms with Crippen LogP contribution < -0.4 is 10.5 Å². The van der Waals surface area contributed by atoms with Crippen molar-refractivity contribution in [2.45, 2.75) is 0 Å². The van der Waals surface area contributed by atoms with Gasteiger partial charge in [-0.15, -0.1) is 0 Å². The summed E-state index contributed by atoms with van der Waals surface area (Å²) in [6.45, 7) is 0. The Morgan fingerprint density at radius 3 is 2.68 bits per heavy atom. The maximum absolute atomic E-state index is 12.8. The van der Waals surface area contributed by atoms with Crippen LogP contribution in [0.4, 0.5) is 5.69 Å². The third kappa shape index (κ3) is 2.41. The van der Waals surface area contributed by atoms with Crippen LogP contribution in [0.15, 0.2) is 72.8 Å². The number of nitrogen functional groups attached to an aromatic ring is 1. The van der Waals surface area contributed by atoms with E-state index < -0.39 is 0 Å². The van der Waals surface area contributed by atoms with Gasteiger partial charge in [-0.05, 0) is 35.4 Å². The number of aromatic nitrogens is 2. The van der Waals surface area contributed by atoms with Crippen LogP contribution in [0.25, 0.3) is 28.2 Å². The lowest BCUT2D eigenvalue weighted by molar-refractivity contribution is 0.101. The average molecular weight is 367 g/mol. The molecule has 4 aromatic rings. The fraction of sp³-hybridized carbons (Fsp3) is 0.0435. The van der Waals surface area contributed by atoms with Crippen molar-refractivity contribution in [1.82, 2.24) is 9.55 Å². The molecule has 5 rings (SSSR count). The Morgan fingerprint density at radius 1 is 1.07 bits per heavy atom. The van der Waals surface area contributed by atoms with Gasteiger partial charge in [-0.3, -0.25) is 4.79 Å². The first-order valence-corrected chi connectivity index (χ1v) is 8.95. The lowest BCUT2D eigenvalue weighted by Gasteiger charge is -2.05. The largest absolute Gasteiger partial charge is 0.452 e. The van der Waals surface area contributed by atoms with Crippen LogP contribution in [0.3, 0.4) is 0 Å². The smallest absolute Gasteiger partial charge is 0.234 e. The molecular formula is C23H17N3O2. The van der Waals surface area contributed by atoms with Crippen LogP contribution in [0.2, 0.25) is 0 Å². The highest BCUT2D eigenvalue weighted by molar-refractivity contribution is 6.18. The Hall–Kier alpha value is -3.86. The molecule has 0 fully saturated rings. The summed E-state index contributed by atoms with van der Waals surface area (Å²) in [5.41, 5.74) is 10.7. The van der Waals surface area contributed by atoms with E-state index in [0.29, 0.717) is 17.0 Å². The zero-order chi connectivity index (χ0) is 19.3. The van der Waals surface area contributed by atoms with Gasteiger partial charge in [0.15, 0.2) is 5.76 Å². The average Bonchev–Trinajstić information content (AvgIpc) is 3.21. The monoisotopic (exact) mass is 367 g/mol. The van der Waals surface area contributed by atoms with E-state index in [9.17, 15) is 4.79 Å². The normalized spacial score (nSPS) is 14.5. The van der Waals surface area contributed by atoms with Crippen LogP contribution in [0.5, 0.6) is 5.75 Å². The van der Waals surface area contributed by atoms with Gasteiger partial charge in [-0.25, -0.2) is 4.98 Å². The van der Waals surface area contributed by atoms with Gasteiger partial charge in [0.25, 0.3) is 0 Å². The molecule has 1 aliphatic rings. The summed E-state index contributed by atoms with van der Waals surface area (Å²) >= 11 is 0. The lowest BCUT2D eigenvalue weighted by atomic mass is 10.0. The molecule has 0 aliphatic carbocycles. The van der Waals surface area contributed by atoms with Crippen molar-refractivity contribution in [2.24, 2.45) is 7.05 Å². The first-order valence-electron chi connectivity index (χ1n) is 8.95. The van der Waals surface area contributed by atoms with E-state index in [4.69, 9.17) is 10.5 Å². The third-order valence-electron chi connectivity index (χ3n) is 4.99. The predicted molar refractivity (Wildman–Crippen MR) is 110 cm³/mol. The van der Waals surface area contributed by atoms with Crippen molar-refractivity contribution in [2.75, 3.05) is 5.73 Å². The third-order valence-corrected chi connectivity index (χ3v) is 4.99. The van der Waals surface area contributed by atoms with Crippen molar-refractivity contribution in [3.8, 4) is 16.9 Å². The van der Waals surface area contributed by atoms with Crippen LogP contribution in [-0.4, -0.2) is 15.3 Å². The molecule has 2 N–H and O–H groups in total. The lowest BCUT2D eigenvalue weighted by Crippen LogP contribution is -2.00. The number of nitrogens with two attached hydrogens (primary N) is 1. The Kier molecular flexibility index (Phi) is 3.55. The molecule has 28 heavy (non-hydrogen) atoms. The summed E-state index contributed by atoms with van der Waals surface area (Å²) in [5.74, 6) is 0.566. The Labute approximate surface area is 161 Å². The number of fused-ring (bicyclic) bond motifs is 2. The molecule has 0 amide bonds. The summed E-state index contributed by atoms with van der Waals surface area (Å²) < 4.78 is 7.76. The second-order valence-electron chi connectivity index (χ2n) is 6.78. The SMILES string of the molecule is Cn1cc(/C=C2\Oc3cccc(N)c3C2=O)c2c(-c3ccccc3)ccnc21. The molecular weight excluding hydrogens is 350 g/mol. The summed E-state index contributed by atoms with van der Waals surface area (Å²) in [4.78, 5) is 17.3. The zero-order valence-corrected chi connectivity index (χ0v) is 15.2. The number of pyridine rings is 1. The minimum absolute atomic E-state index is 0.199. The van der Waals surface area contributed by atoms with Gasteiger partial charge < -0.3 is 15.0 Å². The maximum Gasteiger partial charge on any atom is 0.234 e. The quantitative estimate of drug-likeness (QED) is 0.420. The van der Waals surface area contributed by atoms with Crippen LogP contribution in [0.1, 0.15) is 15.9 Å². The molecule has 1 aliphatic heterocycles. The molecule has 3 heterocycles. The second kappa shape index (κ2) is 6.09. The van der Waals surface area contributed by atoms with Crippen molar-refractivity contribution in [3.63, 3.8) is 0 Å². The van der Waals surface area contributed by atoms with Crippen LogP contribution in [0, 0.1) is 0 Å². The Balaban J connectivity index is 1.70. The first kappa shape index (κ1) is 16.3. The molecule has 0 atom stereocenters. The highest BCUT2D eigenvalue weighted by Crippen LogP contribution is 2.37. The number of rotatable bonds is 2. The highest BCUT2D eigenvalue weighted by Gasteiger charge is 2.29. The number of hydrogen-bond acceptors (Lipinski definition) is 4. The zero-order valence-electron chi connectivity index (χ0n) is 15.2. The first-order chi connectivity index (χ1) is 13.6. The van der Waals surface area contributed by atoms with Gasteiger partial charge in [-0.2, -0.15) is 0 Å². The number of carbonyl (C=O) groups is 1. The van der Waals surface area contributed by atoms with E-state index in [1.165, 1.54) is 0 Å². The number of aryl methyl sites for hydroxylation is 1. The van der Waals surface area contributed by atoms with E-state index in [1.54, 1.807) is 30.5 Å². The van der Waals surface area contributed by atoms with Crippen molar-refractivity contribution >= 4 is 28.6 Å². The van der Waals surface area contributed by atoms with E-state index in [0.717, 1.165) is 27.7 Å². The summed E-state index contributed by atoms with van der Waals surface area (Å²) in [7, 11) is 1.94. The highest BCUT2D eigenvalue weighted by atomic mass is 16.5. The van der Waals surface area contributed by atoms with Crippen molar-refractivity contribution in [1.29, 1.82) is 0 Å². The van der Waals surface area contributed by atoms with Gasteiger partial charge in [0.05, 0.1) is 5.56 Å². The molecule has 0 spiro atoms. The standard InChI is InChI=1S/C23H17N3O2/c1-26-13-15(12-19-22(27)21-17(24)8-5-9-18(21)28-19)20-16(10-11-25-23(20)26)14-6-3-2-4-7-14/h2-13H,24H2,1H3/b19-12-. The molecule has 2 aromatic heterocycles. The summed E-state index contributed by atoms with van der Waals surface area (Å²) in [6, 6.07) is 17.4. The number of allylic oxidation sites excluding steroid dienone is 1. The Morgan fingerprint density at radius 2 is 1.89 bits per heavy atom. The van der Waals surface area contributed by atoms with Crippen LogP contribution >= 0.6 is 0 Å².